The SMILES string of the molecule is COc1ccc2oc(-c3ccc(Cl)cc3)cc(=[NH+]Cc3ccccc3)c2c1.[O-][Cl+3]([O-])([O-])[O-]. The number of nitrogens with one attached hydrogen (secondary N) is 1. The maximum absolute atomic E-state index is 8.49. The summed E-state index contributed by atoms with van der Waals surface area (Å²) in [6.07, 6.45) is 0. The highest BCUT2D eigenvalue weighted by atomic mass is 35.7. The van der Waals surface area contributed by atoms with Gasteiger partial charge in [-0.05, 0) is 42.5 Å². The van der Waals surface area contributed by atoms with Crippen LogP contribution in [0.2, 0.25) is 5.02 Å². The monoisotopic (exact) mass is 475 g/mol. The predicted octanol–water partition coefficient (Wildman–Crippen LogP) is -0.813. The number of methoxy groups -OCH3 is 1. The second-order valence-corrected chi connectivity index (χ2v) is 7.80. The Labute approximate surface area is 191 Å². The normalized spacial score (nSPS) is 11.8. The van der Waals surface area contributed by atoms with E-state index in [1.54, 1.807) is 7.11 Å². The maximum Gasteiger partial charge on any atom is 0.213 e. The van der Waals surface area contributed by atoms with E-state index in [0.29, 0.717) is 5.02 Å². The molecule has 0 saturated carbocycles. The van der Waals surface area contributed by atoms with E-state index < -0.39 is 10.2 Å². The van der Waals surface area contributed by atoms with Crippen LogP contribution in [0.4, 0.5) is 0 Å². The summed E-state index contributed by atoms with van der Waals surface area (Å²) in [5.74, 6) is 1.57. The quantitative estimate of drug-likeness (QED) is 0.410. The molecule has 32 heavy (non-hydrogen) atoms. The van der Waals surface area contributed by atoms with Crippen LogP contribution in [0.3, 0.4) is 0 Å². The fourth-order valence-corrected chi connectivity index (χ4v) is 3.11. The van der Waals surface area contributed by atoms with Gasteiger partial charge in [-0.1, -0.05) is 41.9 Å². The van der Waals surface area contributed by atoms with Gasteiger partial charge < -0.3 is 9.15 Å². The maximum atomic E-state index is 8.49. The van der Waals surface area contributed by atoms with Crippen molar-refractivity contribution in [3.8, 4) is 17.1 Å². The minimum Gasteiger partial charge on any atom is -0.497 e. The molecule has 0 atom stereocenters. The van der Waals surface area contributed by atoms with E-state index >= 15 is 0 Å². The molecule has 0 spiro atoms. The summed E-state index contributed by atoms with van der Waals surface area (Å²) in [5.41, 5.74) is 2.97. The highest BCUT2D eigenvalue weighted by Gasteiger charge is 2.10. The van der Waals surface area contributed by atoms with E-state index in [2.05, 4.69) is 17.1 Å². The van der Waals surface area contributed by atoms with Crippen LogP contribution in [-0.4, -0.2) is 7.11 Å². The summed E-state index contributed by atoms with van der Waals surface area (Å²) >= 11 is 6.02. The Balaban J connectivity index is 0.000000523. The lowest BCUT2D eigenvalue weighted by Crippen LogP contribution is -2.75. The molecule has 3 aromatic carbocycles. The standard InChI is InChI=1S/C23H18ClNO2.ClHO4/c1-26-19-11-12-22-20(13-19)21(25-15-16-5-3-2-4-6-16)14-23(27-22)17-7-9-18(24)10-8-17;2-1(3,4)5/h2-14H,15H2,1H3;(H,2,3,4,5). The molecule has 166 valence electrons. The number of halogens is 2. The third kappa shape index (κ3) is 7.06. The van der Waals surface area contributed by atoms with Crippen LogP contribution in [-0.2, 0) is 6.54 Å². The molecule has 0 fully saturated rings. The number of rotatable bonds is 4. The summed E-state index contributed by atoms with van der Waals surface area (Å²) in [4.78, 5) is 3.54. The van der Waals surface area contributed by atoms with Gasteiger partial charge in [0, 0.05) is 16.1 Å². The summed E-state index contributed by atoms with van der Waals surface area (Å²) in [5, 5.41) is 2.67. The smallest absolute Gasteiger partial charge is 0.213 e. The van der Waals surface area contributed by atoms with Gasteiger partial charge in [-0.25, -0.2) is 23.6 Å². The molecule has 4 rings (SSSR count). The summed E-state index contributed by atoms with van der Waals surface area (Å²) < 4.78 is 45.5. The van der Waals surface area contributed by atoms with Crippen molar-refractivity contribution in [2.24, 2.45) is 0 Å². The molecule has 0 radical (unpaired) electrons. The first-order valence-corrected chi connectivity index (χ1v) is 10.9. The average Bonchev–Trinajstić information content (AvgIpc) is 2.77. The summed E-state index contributed by atoms with van der Waals surface area (Å²) in [6, 6.07) is 25.8. The number of benzene rings is 3. The first-order chi connectivity index (χ1) is 15.2. The number of ether oxygens (including phenoxy) is 1. The van der Waals surface area contributed by atoms with Crippen LogP contribution in [0.5, 0.6) is 5.75 Å². The zero-order chi connectivity index (χ0) is 23.1. The molecule has 0 aliphatic heterocycles. The zero-order valence-electron chi connectivity index (χ0n) is 16.9. The largest absolute Gasteiger partial charge is 0.497 e. The third-order valence-electron chi connectivity index (χ3n) is 4.43. The fourth-order valence-electron chi connectivity index (χ4n) is 2.99. The van der Waals surface area contributed by atoms with E-state index in [1.807, 2.05) is 66.7 Å². The van der Waals surface area contributed by atoms with Crippen molar-refractivity contribution < 1.29 is 43.0 Å². The van der Waals surface area contributed by atoms with Gasteiger partial charge in [0.1, 0.15) is 17.1 Å². The average molecular weight is 476 g/mol. The van der Waals surface area contributed by atoms with Gasteiger partial charge in [-0.15, -0.1) is 10.2 Å². The minimum absolute atomic E-state index is 0.701. The van der Waals surface area contributed by atoms with E-state index in [-0.39, 0.29) is 0 Å². The Morgan fingerprint density at radius 1 is 0.906 bits per heavy atom. The first kappa shape index (κ1) is 23.7. The van der Waals surface area contributed by atoms with Crippen molar-refractivity contribution >= 4 is 22.6 Å². The van der Waals surface area contributed by atoms with Gasteiger partial charge in [0.2, 0.25) is 5.36 Å². The second kappa shape index (κ2) is 10.6. The molecule has 0 unspecified atom stereocenters. The van der Waals surface area contributed by atoms with Gasteiger partial charge in [-0.2, -0.15) is 0 Å². The van der Waals surface area contributed by atoms with Crippen molar-refractivity contribution in [1.29, 1.82) is 0 Å². The van der Waals surface area contributed by atoms with Crippen molar-refractivity contribution in [2.45, 2.75) is 6.54 Å². The number of hydrogen-bond donors (Lipinski definition) is 1. The molecular formula is C23H19Cl2NO6. The molecule has 0 aliphatic carbocycles. The number of fused-ring (bicyclic) bond motifs is 1. The van der Waals surface area contributed by atoms with Crippen molar-refractivity contribution in [3.63, 3.8) is 0 Å². The van der Waals surface area contributed by atoms with Crippen molar-refractivity contribution in [1.82, 2.24) is 0 Å². The Bertz CT molecular complexity index is 1230. The van der Waals surface area contributed by atoms with Gasteiger partial charge in [0.15, 0.2) is 6.54 Å². The van der Waals surface area contributed by atoms with Crippen LogP contribution in [0, 0.1) is 10.2 Å². The van der Waals surface area contributed by atoms with Gasteiger partial charge in [-0.3, -0.25) is 0 Å². The second-order valence-electron chi connectivity index (χ2n) is 6.61. The molecular weight excluding hydrogens is 457 g/mol. The zero-order valence-corrected chi connectivity index (χ0v) is 18.4. The summed E-state index contributed by atoms with van der Waals surface area (Å²) in [7, 11) is -3.28. The van der Waals surface area contributed by atoms with Crippen LogP contribution in [0.15, 0.2) is 83.3 Å². The molecule has 0 aliphatic rings. The molecule has 0 amide bonds. The van der Waals surface area contributed by atoms with Crippen LogP contribution < -0.4 is 33.7 Å². The fraction of sp³-hybridized carbons (Fsp3) is 0.0870. The lowest BCUT2D eigenvalue weighted by atomic mass is 10.1. The molecule has 0 bridgehead atoms. The van der Waals surface area contributed by atoms with E-state index in [0.717, 1.165) is 39.9 Å². The molecule has 0 saturated heterocycles. The molecule has 1 heterocycles. The lowest BCUT2D eigenvalue weighted by molar-refractivity contribution is -2.00. The van der Waals surface area contributed by atoms with Crippen molar-refractivity contribution in [2.75, 3.05) is 7.11 Å². The predicted molar refractivity (Wildman–Crippen MR) is 107 cm³/mol. The van der Waals surface area contributed by atoms with Crippen molar-refractivity contribution in [3.05, 3.63) is 94.8 Å². The molecule has 4 aromatic rings. The Morgan fingerprint density at radius 2 is 1.56 bits per heavy atom. The van der Waals surface area contributed by atoms with Gasteiger partial charge in [0.05, 0.1) is 18.6 Å². The lowest BCUT2D eigenvalue weighted by Gasteiger charge is -2.17. The minimum atomic E-state index is -4.94. The third-order valence-corrected chi connectivity index (χ3v) is 4.68. The Hall–Kier alpha value is -2.91. The Kier molecular flexibility index (Phi) is 7.87. The highest BCUT2D eigenvalue weighted by Crippen LogP contribution is 2.25. The number of hydrogen-bond acceptors (Lipinski definition) is 6. The van der Waals surface area contributed by atoms with E-state index in [1.165, 1.54) is 5.56 Å². The summed E-state index contributed by atoms with van der Waals surface area (Å²) in [6.45, 7) is 0.719. The Morgan fingerprint density at radius 3 is 2.19 bits per heavy atom. The van der Waals surface area contributed by atoms with Crippen LogP contribution in [0.25, 0.3) is 22.3 Å². The van der Waals surface area contributed by atoms with Gasteiger partial charge in [0.25, 0.3) is 0 Å². The molecule has 1 aromatic heterocycles. The van der Waals surface area contributed by atoms with E-state index in [9.17, 15) is 0 Å². The molecule has 7 nitrogen and oxygen atoms in total. The van der Waals surface area contributed by atoms with Crippen LogP contribution in [0.1, 0.15) is 5.56 Å². The van der Waals surface area contributed by atoms with E-state index in [4.69, 9.17) is 39.4 Å². The molecule has 1 N–H and O–H groups in total. The van der Waals surface area contributed by atoms with Crippen LogP contribution >= 0.6 is 11.6 Å². The topological polar surface area (TPSA) is 129 Å². The van der Waals surface area contributed by atoms with Gasteiger partial charge >= 0.3 is 0 Å². The highest BCUT2D eigenvalue weighted by molar-refractivity contribution is 6.30. The molecule has 9 heteroatoms. The first-order valence-electron chi connectivity index (χ1n) is 9.33.